The minimum Gasteiger partial charge on any atom is -0.464 e. The molecule has 0 fully saturated rings. The summed E-state index contributed by atoms with van der Waals surface area (Å²) in [6.07, 6.45) is 2.47. The molecule has 0 saturated carbocycles. The molecule has 142 valence electrons. The highest BCUT2D eigenvalue weighted by molar-refractivity contribution is 7.98. The Morgan fingerprint density at radius 2 is 2.00 bits per heavy atom. The molecule has 0 amide bonds. The van der Waals surface area contributed by atoms with Crippen LogP contribution in [0.5, 0.6) is 0 Å². The van der Waals surface area contributed by atoms with Crippen molar-refractivity contribution < 1.29 is 13.2 Å². The topological polar surface area (TPSA) is 51.0 Å². The van der Waals surface area contributed by atoms with Crippen molar-refractivity contribution in [1.29, 1.82) is 0 Å². The van der Waals surface area contributed by atoms with Gasteiger partial charge in [0, 0.05) is 17.0 Å². The van der Waals surface area contributed by atoms with E-state index in [2.05, 4.69) is 28.3 Å². The third-order valence-electron chi connectivity index (χ3n) is 4.22. The lowest BCUT2D eigenvalue weighted by atomic mass is 10.1. The highest BCUT2D eigenvalue weighted by Gasteiger charge is 2.16. The Bertz CT molecular complexity index is 1130. The third kappa shape index (κ3) is 3.71. The molecule has 4 aromatic rings. The van der Waals surface area contributed by atoms with Crippen LogP contribution in [-0.4, -0.2) is 15.7 Å². The number of aromatic nitrogens is 2. The zero-order valence-electron chi connectivity index (χ0n) is 15.1. The average molecular weight is 397 g/mol. The molecule has 0 bridgehead atoms. The van der Waals surface area contributed by atoms with E-state index in [-0.39, 0.29) is 22.6 Å². The van der Waals surface area contributed by atoms with E-state index < -0.39 is 11.6 Å². The molecular weight excluding hydrogens is 380 g/mol. The van der Waals surface area contributed by atoms with Crippen molar-refractivity contribution in [2.75, 3.05) is 11.1 Å². The monoisotopic (exact) mass is 397 g/mol. The van der Waals surface area contributed by atoms with Crippen LogP contribution in [0.25, 0.3) is 22.2 Å². The number of rotatable bonds is 6. The highest BCUT2D eigenvalue weighted by Crippen LogP contribution is 2.32. The van der Waals surface area contributed by atoms with Crippen LogP contribution >= 0.6 is 11.8 Å². The van der Waals surface area contributed by atoms with Crippen LogP contribution in [0, 0.1) is 11.6 Å². The van der Waals surface area contributed by atoms with E-state index in [1.54, 1.807) is 0 Å². The number of nitrogens with one attached hydrogen (secondary N) is 1. The van der Waals surface area contributed by atoms with Gasteiger partial charge in [0.05, 0.1) is 17.8 Å². The van der Waals surface area contributed by atoms with Gasteiger partial charge in [0.25, 0.3) is 0 Å². The molecule has 0 radical (unpaired) electrons. The Kier molecular flexibility index (Phi) is 5.25. The van der Waals surface area contributed by atoms with Crippen molar-refractivity contribution in [3.8, 4) is 11.3 Å². The number of fused-ring (bicyclic) bond motifs is 1. The van der Waals surface area contributed by atoms with E-state index >= 15 is 0 Å². The van der Waals surface area contributed by atoms with E-state index in [0.717, 1.165) is 23.4 Å². The first kappa shape index (κ1) is 18.4. The van der Waals surface area contributed by atoms with Crippen LogP contribution in [0.3, 0.4) is 0 Å². The lowest BCUT2D eigenvalue weighted by molar-refractivity contribution is 0.605. The molecule has 2 aromatic carbocycles. The molecule has 0 saturated heterocycles. The molecule has 0 aliphatic carbocycles. The van der Waals surface area contributed by atoms with Gasteiger partial charge in [-0.3, -0.25) is 0 Å². The minimum absolute atomic E-state index is 0.0511. The first-order chi connectivity index (χ1) is 13.7. The molecule has 2 heterocycles. The zero-order valence-corrected chi connectivity index (χ0v) is 15.9. The van der Waals surface area contributed by atoms with Gasteiger partial charge in [-0.25, -0.2) is 18.7 Å². The van der Waals surface area contributed by atoms with E-state index in [4.69, 9.17) is 4.42 Å². The van der Waals surface area contributed by atoms with Gasteiger partial charge in [-0.1, -0.05) is 19.1 Å². The highest BCUT2D eigenvalue weighted by atomic mass is 32.2. The van der Waals surface area contributed by atoms with Crippen molar-refractivity contribution in [3.63, 3.8) is 0 Å². The largest absolute Gasteiger partial charge is 0.464 e. The molecule has 4 rings (SSSR count). The van der Waals surface area contributed by atoms with Crippen molar-refractivity contribution in [2.45, 2.75) is 12.7 Å². The Balaban J connectivity index is 1.68. The van der Waals surface area contributed by atoms with Gasteiger partial charge in [0.1, 0.15) is 17.1 Å². The summed E-state index contributed by atoms with van der Waals surface area (Å²) >= 11 is 1.83. The Hall–Kier alpha value is -2.93. The predicted molar refractivity (Wildman–Crippen MR) is 109 cm³/mol. The third-order valence-corrected chi connectivity index (χ3v) is 5.16. The summed E-state index contributed by atoms with van der Waals surface area (Å²) in [5, 5.41) is 3.39. The van der Waals surface area contributed by atoms with Gasteiger partial charge in [0.2, 0.25) is 5.95 Å². The Labute approximate surface area is 165 Å². The van der Waals surface area contributed by atoms with Crippen LogP contribution in [0.2, 0.25) is 0 Å². The normalized spacial score (nSPS) is 11.1. The van der Waals surface area contributed by atoms with Crippen molar-refractivity contribution in [2.24, 2.45) is 0 Å². The molecule has 2 aromatic heterocycles. The minimum atomic E-state index is -0.608. The molecule has 0 aliphatic heterocycles. The maximum Gasteiger partial charge on any atom is 0.227 e. The summed E-state index contributed by atoms with van der Waals surface area (Å²) in [5.74, 6) is 1.17. The van der Waals surface area contributed by atoms with Crippen LogP contribution in [0.15, 0.2) is 59.3 Å². The predicted octanol–water partition coefficient (Wildman–Crippen LogP) is 6.16. The van der Waals surface area contributed by atoms with Gasteiger partial charge in [-0.15, -0.1) is 0 Å². The molecule has 0 atom stereocenters. The van der Waals surface area contributed by atoms with Crippen molar-refractivity contribution in [1.82, 2.24) is 9.97 Å². The number of halogens is 2. The number of nitrogens with zero attached hydrogens (tertiary/aromatic N) is 2. The fourth-order valence-corrected chi connectivity index (χ4v) is 3.54. The second-order valence-corrected chi connectivity index (χ2v) is 7.39. The summed E-state index contributed by atoms with van der Waals surface area (Å²) in [5.41, 5.74) is 2.67. The smallest absolute Gasteiger partial charge is 0.227 e. The van der Waals surface area contributed by atoms with Gasteiger partial charge in [-0.2, -0.15) is 11.8 Å². The Morgan fingerprint density at radius 1 is 1.11 bits per heavy atom. The molecule has 28 heavy (non-hydrogen) atoms. The van der Waals surface area contributed by atoms with Crippen LogP contribution < -0.4 is 5.32 Å². The molecule has 0 aliphatic rings. The number of thioether (sulfide) groups is 1. The summed E-state index contributed by atoms with van der Waals surface area (Å²) < 4.78 is 33.7. The number of hydrogen-bond donors (Lipinski definition) is 1. The second kappa shape index (κ2) is 7.98. The van der Waals surface area contributed by atoms with Crippen LogP contribution in [0.1, 0.15) is 12.5 Å². The standard InChI is InChI=1S/C21H17F2N3OS/c1-2-28-12-13-4-3-5-14(10-13)25-21-24-11-18(23)19(26-21)16-6-7-17(22)15-8-9-27-20(15)16/h3-11H,2,12H2,1H3,(H,24,25,26). The lowest BCUT2D eigenvalue weighted by Crippen LogP contribution is -2.01. The average Bonchev–Trinajstić information content (AvgIpc) is 3.20. The van der Waals surface area contributed by atoms with Gasteiger partial charge < -0.3 is 9.73 Å². The zero-order chi connectivity index (χ0) is 19.5. The van der Waals surface area contributed by atoms with Gasteiger partial charge in [0.15, 0.2) is 5.82 Å². The van der Waals surface area contributed by atoms with Crippen LogP contribution in [-0.2, 0) is 5.75 Å². The molecule has 1 N–H and O–H groups in total. The second-order valence-electron chi connectivity index (χ2n) is 6.11. The van der Waals surface area contributed by atoms with Crippen LogP contribution in [0.4, 0.5) is 20.4 Å². The summed E-state index contributed by atoms with van der Waals surface area (Å²) in [4.78, 5) is 8.33. The number of anilines is 2. The molecule has 7 heteroatoms. The van der Waals surface area contributed by atoms with Gasteiger partial charge in [-0.05, 0) is 41.6 Å². The van der Waals surface area contributed by atoms with E-state index in [9.17, 15) is 8.78 Å². The molecule has 4 nitrogen and oxygen atoms in total. The van der Waals surface area contributed by atoms with Crippen molar-refractivity contribution >= 4 is 34.4 Å². The number of furan rings is 1. The maximum atomic E-state index is 14.4. The summed E-state index contributed by atoms with van der Waals surface area (Å²) in [7, 11) is 0. The SMILES string of the molecule is CCSCc1cccc(Nc2ncc(F)c(-c3ccc(F)c4ccoc34)n2)c1. The molecular formula is C21H17F2N3OS. The number of benzene rings is 2. The summed E-state index contributed by atoms with van der Waals surface area (Å²) in [6.45, 7) is 2.12. The van der Waals surface area contributed by atoms with E-state index in [1.165, 1.54) is 30.0 Å². The Morgan fingerprint density at radius 3 is 2.86 bits per heavy atom. The summed E-state index contributed by atoms with van der Waals surface area (Å²) in [6, 6.07) is 12.1. The number of hydrogen-bond acceptors (Lipinski definition) is 5. The first-order valence-corrected chi connectivity index (χ1v) is 9.93. The fourth-order valence-electron chi connectivity index (χ4n) is 2.92. The molecule has 0 unspecified atom stereocenters. The maximum absolute atomic E-state index is 14.4. The first-order valence-electron chi connectivity index (χ1n) is 8.78. The van der Waals surface area contributed by atoms with Crippen molar-refractivity contribution in [3.05, 3.63) is 72.1 Å². The lowest BCUT2D eigenvalue weighted by Gasteiger charge is -2.09. The fraction of sp³-hybridized carbons (Fsp3) is 0.143. The van der Waals surface area contributed by atoms with Gasteiger partial charge >= 0.3 is 0 Å². The van der Waals surface area contributed by atoms with E-state index in [0.29, 0.717) is 5.56 Å². The quantitative estimate of drug-likeness (QED) is 0.422. The molecule has 0 spiro atoms. The van der Waals surface area contributed by atoms with E-state index in [1.807, 2.05) is 30.0 Å².